The van der Waals surface area contributed by atoms with Gasteiger partial charge in [-0.3, -0.25) is 9.98 Å². The molecule has 265 valence electrons. The minimum absolute atomic E-state index is 0. The quantitative estimate of drug-likeness (QED) is 0.235. The molecule has 0 spiro atoms. The first-order valence-electron chi connectivity index (χ1n) is 19.1. The Hall–Kier alpha value is -1.98. The van der Waals surface area contributed by atoms with E-state index < -0.39 is 0 Å². The number of halogens is 2. The summed E-state index contributed by atoms with van der Waals surface area (Å²) in [6, 6.07) is 20.5. The van der Waals surface area contributed by atoms with E-state index >= 15 is 0 Å². The van der Waals surface area contributed by atoms with E-state index in [1.54, 1.807) is 0 Å². The Morgan fingerprint density at radius 2 is 0.673 bits per heavy atom. The van der Waals surface area contributed by atoms with E-state index in [1.165, 1.54) is 162 Å². The molecule has 3 nitrogen and oxygen atoms in total. The molecule has 2 aromatic carbocycles. The fourth-order valence-electron chi connectivity index (χ4n) is 9.30. The first-order chi connectivity index (χ1) is 22.8. The van der Waals surface area contributed by atoms with Gasteiger partial charge in [0, 0.05) is 0 Å². The summed E-state index contributed by atoms with van der Waals surface area (Å²) in [5.41, 5.74) is 10.3. The first kappa shape index (κ1) is 39.8. The van der Waals surface area contributed by atoms with Gasteiger partial charge >= 0.3 is 16.8 Å². The van der Waals surface area contributed by atoms with Crippen molar-refractivity contribution in [2.75, 3.05) is 0 Å². The molecule has 1 aromatic heterocycles. The van der Waals surface area contributed by atoms with Crippen LogP contribution in [0.4, 0.5) is 11.4 Å². The van der Waals surface area contributed by atoms with Gasteiger partial charge in [0.2, 0.25) is 0 Å². The predicted molar refractivity (Wildman–Crippen MR) is 195 cm³/mol. The third-order valence-corrected chi connectivity index (χ3v) is 11.8. The summed E-state index contributed by atoms with van der Waals surface area (Å²) in [5, 5.41) is 0. The smallest absolute Gasteiger partial charge is 1.00 e. The molecule has 0 bridgehead atoms. The van der Waals surface area contributed by atoms with Crippen LogP contribution in [0.1, 0.15) is 186 Å². The molecule has 0 amide bonds. The van der Waals surface area contributed by atoms with Crippen molar-refractivity contribution < 1.29 is 41.6 Å². The van der Waals surface area contributed by atoms with Crippen LogP contribution in [0.25, 0.3) is 0 Å². The zero-order valence-corrected chi connectivity index (χ0v) is 31.8. The molecule has 0 saturated heterocycles. The zero-order valence-electron chi connectivity index (χ0n) is 29.2. The molecule has 4 aliphatic carbocycles. The topological polar surface area (TPSA) is 37.6 Å². The molecule has 0 N–H and O–H groups in total. The van der Waals surface area contributed by atoms with Crippen LogP contribution in [0.2, 0.25) is 0 Å². The van der Waals surface area contributed by atoms with Crippen molar-refractivity contribution in [3.63, 3.8) is 0 Å². The van der Waals surface area contributed by atoms with Gasteiger partial charge in [0.05, 0.1) is 35.2 Å². The minimum atomic E-state index is 0. The average molecular weight is 744 g/mol. The number of pyridine rings is 1. The van der Waals surface area contributed by atoms with Gasteiger partial charge in [-0.25, -0.2) is 4.98 Å². The van der Waals surface area contributed by atoms with E-state index in [4.69, 9.17) is 15.0 Å². The number of aromatic nitrogens is 1. The van der Waals surface area contributed by atoms with E-state index in [1.807, 2.05) is 12.4 Å². The Morgan fingerprint density at radius 1 is 0.408 bits per heavy atom. The number of hydrogen-bond acceptors (Lipinski definition) is 3. The number of para-hydroxylation sites is 2. The van der Waals surface area contributed by atoms with Gasteiger partial charge in [-0.05, 0) is 109 Å². The molecule has 0 aliphatic heterocycles. The fraction of sp³-hybridized carbons (Fsp3) is 0.558. The standard InChI is InChI=1S/C43H55N3.2ClH.Co/c1-5-16-32(17-6-1)38-26-14-27-39(33-18-7-2-8-19-33)42(38)44-30-36-24-13-25-37(46-36)31-45-43-40(34-20-9-3-10-21-34)28-15-29-41(43)35-22-11-4-12-23-35;;;/h13-15,24-35H,1-12,16-23H2;2*1H;/q;;;+2/p-2. The largest absolute Gasteiger partial charge is 2.00 e. The molecule has 0 atom stereocenters. The van der Waals surface area contributed by atoms with Crippen molar-refractivity contribution in [3.8, 4) is 0 Å². The average Bonchev–Trinajstić information content (AvgIpc) is 3.14. The minimum Gasteiger partial charge on any atom is -1.00 e. The Kier molecular flexibility index (Phi) is 16.4. The maximum Gasteiger partial charge on any atom is 2.00 e. The first-order valence-corrected chi connectivity index (χ1v) is 19.1. The Morgan fingerprint density at radius 3 is 0.959 bits per heavy atom. The summed E-state index contributed by atoms with van der Waals surface area (Å²) >= 11 is 0. The van der Waals surface area contributed by atoms with Crippen LogP contribution in [-0.4, -0.2) is 17.4 Å². The molecule has 49 heavy (non-hydrogen) atoms. The number of hydrogen-bond donors (Lipinski definition) is 0. The normalized spacial score (nSPS) is 20.1. The van der Waals surface area contributed by atoms with E-state index in [0.717, 1.165) is 11.4 Å². The summed E-state index contributed by atoms with van der Waals surface area (Å²) in [5.74, 6) is 2.55. The summed E-state index contributed by atoms with van der Waals surface area (Å²) in [4.78, 5) is 15.7. The van der Waals surface area contributed by atoms with E-state index in [9.17, 15) is 0 Å². The maximum absolute atomic E-state index is 5.30. The van der Waals surface area contributed by atoms with Crippen molar-refractivity contribution in [1.29, 1.82) is 0 Å². The van der Waals surface area contributed by atoms with Gasteiger partial charge < -0.3 is 24.8 Å². The molecular weight excluding hydrogens is 688 g/mol. The van der Waals surface area contributed by atoms with Gasteiger partial charge in [0.1, 0.15) is 0 Å². The SMILES string of the molecule is C(=Nc1c(C2CCCCC2)cccc1C1CCCCC1)c1cccc(C=Nc2c(C3CCCCC3)cccc2C2CCCCC2)n1.[Cl-].[Cl-].[Co+2]. The summed E-state index contributed by atoms with van der Waals surface area (Å²) in [6.45, 7) is 0. The van der Waals surface area contributed by atoms with E-state index in [0.29, 0.717) is 23.7 Å². The van der Waals surface area contributed by atoms with Crippen LogP contribution in [0.15, 0.2) is 64.6 Å². The summed E-state index contributed by atoms with van der Waals surface area (Å²) in [7, 11) is 0. The Labute approximate surface area is 319 Å². The second kappa shape index (κ2) is 20.2. The third kappa shape index (κ3) is 10.1. The van der Waals surface area contributed by atoms with Crippen molar-refractivity contribution in [1.82, 2.24) is 4.98 Å². The van der Waals surface area contributed by atoms with Crippen molar-refractivity contribution in [2.45, 2.75) is 152 Å². The number of aliphatic imine (C=N–C) groups is 2. The fourth-order valence-corrected chi connectivity index (χ4v) is 9.30. The molecule has 4 saturated carbocycles. The maximum atomic E-state index is 5.30. The van der Waals surface area contributed by atoms with Gasteiger partial charge in [-0.15, -0.1) is 0 Å². The van der Waals surface area contributed by atoms with Crippen LogP contribution in [0.5, 0.6) is 0 Å². The van der Waals surface area contributed by atoms with Crippen molar-refractivity contribution in [3.05, 3.63) is 88.2 Å². The monoisotopic (exact) mass is 742 g/mol. The molecule has 1 radical (unpaired) electrons. The number of nitrogens with zero attached hydrogens (tertiary/aromatic N) is 3. The molecule has 1 heterocycles. The zero-order chi connectivity index (χ0) is 31.0. The number of benzene rings is 2. The second-order valence-corrected chi connectivity index (χ2v) is 14.9. The van der Waals surface area contributed by atoms with Gasteiger partial charge in [-0.2, -0.15) is 0 Å². The van der Waals surface area contributed by atoms with E-state index in [-0.39, 0.29) is 41.6 Å². The van der Waals surface area contributed by atoms with Crippen molar-refractivity contribution in [2.24, 2.45) is 9.98 Å². The van der Waals surface area contributed by atoms with Crippen LogP contribution in [0.3, 0.4) is 0 Å². The summed E-state index contributed by atoms with van der Waals surface area (Å²) in [6.07, 6.45) is 30.7. The molecule has 0 unspecified atom stereocenters. The van der Waals surface area contributed by atoms with Crippen LogP contribution >= 0.6 is 0 Å². The van der Waals surface area contributed by atoms with Crippen LogP contribution < -0.4 is 24.8 Å². The van der Waals surface area contributed by atoms with Crippen LogP contribution in [0, 0.1) is 0 Å². The molecule has 4 fully saturated rings. The molecule has 4 aliphatic rings. The Balaban J connectivity index is 0.00000180. The van der Waals surface area contributed by atoms with Gasteiger partial charge in [0.15, 0.2) is 0 Å². The van der Waals surface area contributed by atoms with Crippen LogP contribution in [-0.2, 0) is 16.8 Å². The predicted octanol–water partition coefficient (Wildman–Crippen LogP) is 6.78. The molecule has 3 aromatic rings. The molecule has 7 rings (SSSR count). The number of rotatable bonds is 8. The molecule has 6 heteroatoms. The molecular formula is C43H55Cl2CoN3. The van der Waals surface area contributed by atoms with E-state index in [2.05, 4.69) is 54.6 Å². The van der Waals surface area contributed by atoms with Gasteiger partial charge in [0.25, 0.3) is 0 Å². The second-order valence-electron chi connectivity index (χ2n) is 14.9. The Bertz CT molecular complexity index is 1320. The third-order valence-electron chi connectivity index (χ3n) is 11.8. The summed E-state index contributed by atoms with van der Waals surface area (Å²) < 4.78 is 0. The van der Waals surface area contributed by atoms with Crippen molar-refractivity contribution >= 4 is 23.8 Å². The van der Waals surface area contributed by atoms with Gasteiger partial charge in [-0.1, -0.05) is 120 Å².